The minimum atomic E-state index is -0.826. The molecule has 2 amide bonds. The number of rotatable bonds is 5. The van der Waals surface area contributed by atoms with Gasteiger partial charge in [-0.15, -0.1) is 0 Å². The Morgan fingerprint density at radius 2 is 2.18 bits per heavy atom. The fourth-order valence-corrected chi connectivity index (χ4v) is 3.07. The summed E-state index contributed by atoms with van der Waals surface area (Å²) >= 11 is 5.16. The Labute approximate surface area is 135 Å². The van der Waals surface area contributed by atoms with Crippen molar-refractivity contribution in [1.82, 2.24) is 10.2 Å². The number of thiocarbonyl (C=S) groups is 1. The van der Waals surface area contributed by atoms with Crippen molar-refractivity contribution in [1.29, 1.82) is 0 Å². The molecule has 1 saturated heterocycles. The maximum Gasteiger partial charge on any atom is 0.246 e. The minimum absolute atomic E-state index is 0.225. The second-order valence-electron chi connectivity index (χ2n) is 6.15. The van der Waals surface area contributed by atoms with Gasteiger partial charge in [-0.05, 0) is 57.2 Å². The van der Waals surface area contributed by atoms with Crippen molar-refractivity contribution < 1.29 is 9.59 Å². The lowest BCUT2D eigenvalue weighted by Gasteiger charge is -2.31. The van der Waals surface area contributed by atoms with Crippen LogP contribution in [0.1, 0.15) is 44.9 Å². The van der Waals surface area contributed by atoms with Crippen LogP contribution in [0.15, 0.2) is 16.6 Å². The second kappa shape index (κ2) is 6.69. The number of amides is 2. The molecule has 0 aromatic heterocycles. The molecule has 5 nitrogen and oxygen atoms in total. The molecule has 6 heteroatoms. The van der Waals surface area contributed by atoms with Crippen LogP contribution in [0.5, 0.6) is 0 Å². The largest absolute Gasteiger partial charge is 0.302 e. The Kier molecular flexibility index (Phi) is 4.66. The van der Waals surface area contributed by atoms with Gasteiger partial charge in [0.15, 0.2) is 11.0 Å². The number of allylic oxidation sites excluding steroid dienone is 1. The molecule has 0 aromatic carbocycles. The number of aliphatic imine (C=N–C) groups is 1. The lowest BCUT2D eigenvalue weighted by atomic mass is 9.97. The first kappa shape index (κ1) is 15.3. The predicted octanol–water partition coefficient (Wildman–Crippen LogP) is 1.97. The van der Waals surface area contributed by atoms with Crippen molar-refractivity contribution in [2.24, 2.45) is 10.9 Å². The van der Waals surface area contributed by atoms with Crippen LogP contribution in [0.4, 0.5) is 0 Å². The predicted molar refractivity (Wildman–Crippen MR) is 88.6 cm³/mol. The third-order valence-corrected chi connectivity index (χ3v) is 4.65. The van der Waals surface area contributed by atoms with Gasteiger partial charge in [0, 0.05) is 18.8 Å². The summed E-state index contributed by atoms with van der Waals surface area (Å²) in [6.45, 7) is 0.539. The molecular formula is C16H21N3O2S. The van der Waals surface area contributed by atoms with Crippen molar-refractivity contribution >= 4 is 35.4 Å². The van der Waals surface area contributed by atoms with Crippen molar-refractivity contribution in [3.05, 3.63) is 11.6 Å². The summed E-state index contributed by atoms with van der Waals surface area (Å²) in [5, 5.41) is 2.85. The van der Waals surface area contributed by atoms with Gasteiger partial charge in [0.1, 0.15) is 0 Å². The maximum absolute atomic E-state index is 12.5. The molecule has 0 spiro atoms. The molecule has 1 saturated carbocycles. The first-order valence-electron chi connectivity index (χ1n) is 8.02. The molecule has 2 fully saturated rings. The Hall–Kier alpha value is -1.56. The van der Waals surface area contributed by atoms with E-state index in [2.05, 4.69) is 16.4 Å². The van der Waals surface area contributed by atoms with Crippen LogP contribution in [0.2, 0.25) is 0 Å². The molecule has 0 aromatic rings. The Morgan fingerprint density at radius 1 is 1.36 bits per heavy atom. The van der Waals surface area contributed by atoms with Gasteiger partial charge in [-0.3, -0.25) is 19.5 Å². The molecule has 0 bridgehead atoms. The third-order valence-electron chi connectivity index (χ3n) is 4.32. The Balaban J connectivity index is 1.63. The number of hydrogen-bond acceptors (Lipinski definition) is 4. The molecule has 0 unspecified atom stereocenters. The van der Waals surface area contributed by atoms with E-state index in [9.17, 15) is 9.59 Å². The van der Waals surface area contributed by atoms with Crippen LogP contribution in [-0.4, -0.2) is 40.6 Å². The quantitative estimate of drug-likeness (QED) is 0.365. The van der Waals surface area contributed by atoms with Gasteiger partial charge in [-0.25, -0.2) is 0 Å². The fourth-order valence-electron chi connectivity index (χ4n) is 2.79. The van der Waals surface area contributed by atoms with Gasteiger partial charge in [0.25, 0.3) is 0 Å². The van der Waals surface area contributed by atoms with Gasteiger partial charge >= 0.3 is 0 Å². The molecule has 1 N–H and O–H groups in total. The zero-order valence-corrected chi connectivity index (χ0v) is 13.4. The topological polar surface area (TPSA) is 61.8 Å². The van der Waals surface area contributed by atoms with Gasteiger partial charge in [0.05, 0.1) is 0 Å². The molecule has 3 aliphatic rings. The van der Waals surface area contributed by atoms with E-state index in [4.69, 9.17) is 12.2 Å². The summed E-state index contributed by atoms with van der Waals surface area (Å²) in [5.74, 6) is -1.42. The van der Waals surface area contributed by atoms with E-state index in [0.717, 1.165) is 32.1 Å². The van der Waals surface area contributed by atoms with Crippen LogP contribution in [-0.2, 0) is 9.59 Å². The third kappa shape index (κ3) is 3.61. The summed E-state index contributed by atoms with van der Waals surface area (Å²) in [6, 6.07) is 0.301. The smallest absolute Gasteiger partial charge is 0.246 e. The highest BCUT2D eigenvalue weighted by Gasteiger charge is 2.37. The summed E-state index contributed by atoms with van der Waals surface area (Å²) in [7, 11) is 0. The summed E-state index contributed by atoms with van der Waals surface area (Å²) in [4.78, 5) is 30.3. The van der Waals surface area contributed by atoms with E-state index >= 15 is 0 Å². The highest BCUT2D eigenvalue weighted by molar-refractivity contribution is 7.80. The Bertz CT molecular complexity index is 552. The van der Waals surface area contributed by atoms with Crippen LogP contribution >= 0.6 is 12.2 Å². The van der Waals surface area contributed by atoms with Crippen LogP contribution < -0.4 is 5.32 Å². The van der Waals surface area contributed by atoms with E-state index in [1.807, 2.05) is 0 Å². The first-order valence-corrected chi connectivity index (χ1v) is 8.43. The SMILES string of the molecule is O=C1NC(=S)N(CCC2=CCCCC2)C(=O)[C@H]1C=NC1CC1. The van der Waals surface area contributed by atoms with Crippen LogP contribution in [0, 0.1) is 5.92 Å². The van der Waals surface area contributed by atoms with Gasteiger partial charge in [-0.1, -0.05) is 11.6 Å². The molecule has 22 heavy (non-hydrogen) atoms. The summed E-state index contributed by atoms with van der Waals surface area (Å²) in [5.41, 5.74) is 1.39. The van der Waals surface area contributed by atoms with E-state index in [-0.39, 0.29) is 16.9 Å². The molecule has 3 rings (SSSR count). The highest BCUT2D eigenvalue weighted by atomic mass is 32.1. The lowest BCUT2D eigenvalue weighted by Crippen LogP contribution is -2.58. The van der Waals surface area contributed by atoms with E-state index in [1.54, 1.807) is 0 Å². The number of nitrogens with one attached hydrogen (secondary N) is 1. The average molecular weight is 319 g/mol. The number of carbonyl (C=O) groups excluding carboxylic acids is 2. The molecular weight excluding hydrogens is 298 g/mol. The van der Waals surface area contributed by atoms with Crippen molar-refractivity contribution in [3.63, 3.8) is 0 Å². The molecule has 1 heterocycles. The fraction of sp³-hybridized carbons (Fsp3) is 0.625. The number of nitrogens with zero attached hydrogens (tertiary/aromatic N) is 2. The zero-order valence-electron chi connectivity index (χ0n) is 12.6. The summed E-state index contributed by atoms with van der Waals surface area (Å²) in [6.07, 6.45) is 11.4. The first-order chi connectivity index (χ1) is 10.6. The van der Waals surface area contributed by atoms with Gasteiger partial charge in [-0.2, -0.15) is 0 Å². The molecule has 2 aliphatic carbocycles. The minimum Gasteiger partial charge on any atom is -0.302 e. The van der Waals surface area contributed by atoms with E-state index < -0.39 is 5.92 Å². The Morgan fingerprint density at radius 3 is 2.86 bits per heavy atom. The number of hydrogen-bond donors (Lipinski definition) is 1. The van der Waals surface area contributed by atoms with E-state index in [1.165, 1.54) is 29.5 Å². The van der Waals surface area contributed by atoms with E-state index in [0.29, 0.717) is 12.6 Å². The van der Waals surface area contributed by atoms with Crippen LogP contribution in [0.3, 0.4) is 0 Å². The molecule has 1 atom stereocenters. The van der Waals surface area contributed by atoms with Gasteiger partial charge in [0.2, 0.25) is 11.8 Å². The molecule has 118 valence electrons. The zero-order chi connectivity index (χ0) is 15.5. The molecule has 1 aliphatic heterocycles. The van der Waals surface area contributed by atoms with Crippen LogP contribution in [0.25, 0.3) is 0 Å². The van der Waals surface area contributed by atoms with Crippen molar-refractivity contribution in [3.8, 4) is 0 Å². The number of carbonyl (C=O) groups is 2. The standard InChI is InChI=1S/C16H21N3O2S/c20-14-13(10-17-12-6-7-12)15(21)19(16(22)18-14)9-8-11-4-2-1-3-5-11/h4,10,12-13H,1-3,5-9H2,(H,18,20,22)/t13-/m0/s1. The normalized spacial score (nSPS) is 26.4. The second-order valence-corrected chi connectivity index (χ2v) is 6.54. The maximum atomic E-state index is 12.5. The molecule has 0 radical (unpaired) electrons. The van der Waals surface area contributed by atoms with Crippen molar-refractivity contribution in [2.75, 3.05) is 6.54 Å². The summed E-state index contributed by atoms with van der Waals surface area (Å²) < 4.78 is 0. The lowest BCUT2D eigenvalue weighted by molar-refractivity contribution is -0.137. The highest BCUT2D eigenvalue weighted by Crippen LogP contribution is 2.24. The monoisotopic (exact) mass is 319 g/mol. The van der Waals surface area contributed by atoms with Crippen molar-refractivity contribution in [2.45, 2.75) is 51.0 Å². The average Bonchev–Trinajstić information content (AvgIpc) is 3.32. The van der Waals surface area contributed by atoms with Gasteiger partial charge < -0.3 is 5.32 Å².